The van der Waals surface area contributed by atoms with Crippen molar-refractivity contribution in [1.29, 1.82) is 0 Å². The van der Waals surface area contributed by atoms with Crippen LogP contribution in [0.1, 0.15) is 18.4 Å². The Hall–Kier alpha value is -2.31. The molecule has 0 unspecified atom stereocenters. The molecule has 1 aliphatic heterocycles. The molecule has 1 fully saturated rings. The number of thioether (sulfide) groups is 1. The summed E-state index contributed by atoms with van der Waals surface area (Å²) in [6, 6.07) is 20.6. The predicted octanol–water partition coefficient (Wildman–Crippen LogP) is 3.65. The van der Waals surface area contributed by atoms with Gasteiger partial charge in [-0.1, -0.05) is 48.5 Å². The highest BCUT2D eigenvalue weighted by Crippen LogP contribution is 2.27. The van der Waals surface area contributed by atoms with Crippen molar-refractivity contribution in [2.45, 2.75) is 30.2 Å². The van der Waals surface area contributed by atoms with Crippen molar-refractivity contribution in [3.63, 3.8) is 0 Å². The van der Waals surface area contributed by atoms with Crippen molar-refractivity contribution >= 4 is 23.6 Å². The fourth-order valence-corrected chi connectivity index (χ4v) is 5.15. The summed E-state index contributed by atoms with van der Waals surface area (Å²) in [4.78, 5) is 32.6. The molecule has 2 aromatic carbocycles. The quantitative estimate of drug-likeness (QED) is 0.544. The number of benzene rings is 2. The Balaban J connectivity index is 1.60. The van der Waals surface area contributed by atoms with Crippen LogP contribution in [0, 0.1) is 5.92 Å². The van der Waals surface area contributed by atoms with Gasteiger partial charge in [-0.25, -0.2) is 0 Å². The minimum atomic E-state index is 0.140. The molecule has 1 aliphatic rings. The van der Waals surface area contributed by atoms with Crippen molar-refractivity contribution in [3.8, 4) is 0 Å². The highest BCUT2D eigenvalue weighted by molar-refractivity contribution is 8.00. The fourth-order valence-electron chi connectivity index (χ4n) is 4.33. The van der Waals surface area contributed by atoms with Gasteiger partial charge in [0.2, 0.25) is 11.8 Å². The Morgan fingerprint density at radius 3 is 2.16 bits per heavy atom. The molecular formula is C26H35N3O2S. The summed E-state index contributed by atoms with van der Waals surface area (Å²) in [6.45, 7) is 1.94. The maximum atomic E-state index is 12.8. The van der Waals surface area contributed by atoms with E-state index in [4.69, 9.17) is 0 Å². The number of piperidine rings is 1. The molecule has 0 bridgehead atoms. The lowest BCUT2D eigenvalue weighted by molar-refractivity contribution is -0.135. The Morgan fingerprint density at radius 1 is 0.969 bits per heavy atom. The van der Waals surface area contributed by atoms with Crippen LogP contribution in [0.25, 0.3) is 0 Å². The number of nitrogens with zero attached hydrogens (tertiary/aromatic N) is 3. The van der Waals surface area contributed by atoms with Crippen LogP contribution in [0.2, 0.25) is 0 Å². The fraction of sp³-hybridized carbons (Fsp3) is 0.462. The van der Waals surface area contributed by atoms with Gasteiger partial charge in [-0.2, -0.15) is 0 Å². The molecule has 2 aromatic rings. The lowest BCUT2D eigenvalue weighted by atomic mass is 9.85. The summed E-state index contributed by atoms with van der Waals surface area (Å²) in [7, 11) is 5.79. The molecule has 172 valence electrons. The number of rotatable bonds is 9. The monoisotopic (exact) mass is 453 g/mol. The van der Waals surface area contributed by atoms with Crippen LogP contribution in [0.3, 0.4) is 0 Å². The molecule has 1 saturated heterocycles. The molecule has 32 heavy (non-hydrogen) atoms. The third-order valence-electron chi connectivity index (χ3n) is 6.17. The van der Waals surface area contributed by atoms with E-state index < -0.39 is 0 Å². The Labute approximate surface area is 196 Å². The van der Waals surface area contributed by atoms with Crippen LogP contribution in [0.5, 0.6) is 0 Å². The van der Waals surface area contributed by atoms with Crippen molar-refractivity contribution in [2.75, 3.05) is 46.5 Å². The lowest BCUT2D eigenvalue weighted by Crippen LogP contribution is -2.50. The van der Waals surface area contributed by atoms with E-state index in [2.05, 4.69) is 24.3 Å². The van der Waals surface area contributed by atoms with Gasteiger partial charge >= 0.3 is 0 Å². The van der Waals surface area contributed by atoms with Crippen molar-refractivity contribution in [1.82, 2.24) is 14.7 Å². The number of carbonyl (C=O) groups is 2. The summed E-state index contributed by atoms with van der Waals surface area (Å²) in [5.41, 5.74) is 1.25. The first-order valence-corrected chi connectivity index (χ1v) is 12.3. The van der Waals surface area contributed by atoms with Crippen LogP contribution in [0.4, 0.5) is 0 Å². The van der Waals surface area contributed by atoms with E-state index in [1.807, 2.05) is 72.2 Å². The van der Waals surface area contributed by atoms with Gasteiger partial charge in [0.1, 0.15) is 0 Å². The first-order valence-electron chi connectivity index (χ1n) is 11.3. The van der Waals surface area contributed by atoms with E-state index >= 15 is 0 Å². The first kappa shape index (κ1) is 24.3. The van der Waals surface area contributed by atoms with Gasteiger partial charge in [-0.15, -0.1) is 11.8 Å². The smallest absolute Gasteiger partial charge is 0.236 e. The second-order valence-electron chi connectivity index (χ2n) is 8.82. The summed E-state index contributed by atoms with van der Waals surface area (Å²) >= 11 is 1.60. The molecule has 0 radical (unpaired) electrons. The zero-order chi connectivity index (χ0) is 22.9. The van der Waals surface area contributed by atoms with Gasteiger partial charge in [0.05, 0.1) is 12.3 Å². The van der Waals surface area contributed by atoms with Gasteiger partial charge in [-0.3, -0.25) is 9.59 Å². The van der Waals surface area contributed by atoms with Crippen LogP contribution in [0.15, 0.2) is 65.6 Å². The molecule has 0 aliphatic carbocycles. The number of likely N-dealkylation sites (N-methyl/N-ethyl adjacent to an activating group) is 2. The van der Waals surface area contributed by atoms with Crippen LogP contribution < -0.4 is 0 Å². The molecule has 0 N–H and O–H groups in total. The molecule has 1 heterocycles. The second-order valence-corrected chi connectivity index (χ2v) is 9.87. The maximum Gasteiger partial charge on any atom is 0.236 e. The van der Waals surface area contributed by atoms with Gasteiger partial charge in [-0.05, 0) is 57.0 Å². The normalized spacial score (nSPS) is 15.6. The third-order valence-corrected chi connectivity index (χ3v) is 7.17. The number of hydrogen-bond donors (Lipinski definition) is 0. The Morgan fingerprint density at radius 2 is 1.56 bits per heavy atom. The van der Waals surface area contributed by atoms with Crippen LogP contribution >= 0.6 is 11.8 Å². The van der Waals surface area contributed by atoms with E-state index in [0.29, 0.717) is 18.2 Å². The van der Waals surface area contributed by atoms with Crippen molar-refractivity contribution in [2.24, 2.45) is 5.92 Å². The van der Waals surface area contributed by atoms with Gasteiger partial charge < -0.3 is 14.7 Å². The largest absolute Gasteiger partial charge is 0.342 e. The average molecular weight is 454 g/mol. The number of amides is 2. The molecule has 0 aromatic heterocycles. The highest BCUT2D eigenvalue weighted by atomic mass is 32.2. The minimum absolute atomic E-state index is 0.140. The molecule has 1 atom stereocenters. The molecule has 6 heteroatoms. The maximum absolute atomic E-state index is 12.8. The molecule has 2 amide bonds. The molecule has 0 saturated carbocycles. The van der Waals surface area contributed by atoms with Gasteiger partial charge in [0.15, 0.2) is 0 Å². The molecular weight excluding hydrogens is 418 g/mol. The van der Waals surface area contributed by atoms with E-state index in [-0.39, 0.29) is 17.9 Å². The van der Waals surface area contributed by atoms with Crippen molar-refractivity contribution in [3.05, 3.63) is 66.2 Å². The average Bonchev–Trinajstić information content (AvgIpc) is 2.81. The third kappa shape index (κ3) is 7.10. The van der Waals surface area contributed by atoms with E-state index in [0.717, 1.165) is 37.2 Å². The summed E-state index contributed by atoms with van der Waals surface area (Å²) in [5.74, 6) is 1.21. The Bertz CT molecular complexity index is 852. The Kier molecular flexibility index (Phi) is 9.18. The summed E-state index contributed by atoms with van der Waals surface area (Å²) in [5, 5.41) is 0. The van der Waals surface area contributed by atoms with E-state index in [1.54, 1.807) is 11.8 Å². The second kappa shape index (κ2) is 12.1. The summed E-state index contributed by atoms with van der Waals surface area (Å²) in [6.07, 6.45) is 2.70. The zero-order valence-electron chi connectivity index (χ0n) is 19.4. The first-order chi connectivity index (χ1) is 15.4. The number of carbonyl (C=O) groups excluding carboxylic acids is 2. The molecule has 0 spiro atoms. The van der Waals surface area contributed by atoms with Gasteiger partial charge in [0.25, 0.3) is 0 Å². The number of hydrogen-bond acceptors (Lipinski definition) is 4. The van der Waals surface area contributed by atoms with Crippen LogP contribution in [-0.2, 0) is 16.0 Å². The lowest BCUT2D eigenvalue weighted by Gasteiger charge is -2.40. The highest BCUT2D eigenvalue weighted by Gasteiger charge is 2.32. The van der Waals surface area contributed by atoms with E-state index in [1.165, 1.54) is 5.56 Å². The predicted molar refractivity (Wildman–Crippen MR) is 132 cm³/mol. The van der Waals surface area contributed by atoms with Crippen LogP contribution in [-0.4, -0.2) is 79.1 Å². The minimum Gasteiger partial charge on any atom is -0.342 e. The summed E-state index contributed by atoms with van der Waals surface area (Å²) < 4.78 is 0. The SMILES string of the molecule is CN(C)CC(=O)N(C)[C@@H](Cc1ccccc1)C1CCN(C(=O)CSc2ccccc2)CC1. The number of likely N-dealkylation sites (tertiary alicyclic amines) is 1. The molecule has 5 nitrogen and oxygen atoms in total. The van der Waals surface area contributed by atoms with E-state index in [9.17, 15) is 9.59 Å². The topological polar surface area (TPSA) is 43.9 Å². The molecule has 3 rings (SSSR count). The van der Waals surface area contributed by atoms with Crippen molar-refractivity contribution < 1.29 is 9.59 Å². The zero-order valence-corrected chi connectivity index (χ0v) is 20.3. The standard InChI is InChI=1S/C26H35N3O2S/c1-27(2)19-25(30)28(3)24(18-21-10-6-4-7-11-21)22-14-16-29(17-15-22)26(31)20-32-23-12-8-5-9-13-23/h4-13,22,24H,14-20H2,1-3H3/t24-/m0/s1. The van der Waals surface area contributed by atoms with Gasteiger partial charge in [0, 0.05) is 31.1 Å².